The summed E-state index contributed by atoms with van der Waals surface area (Å²) < 4.78 is 11.5. The highest BCUT2D eigenvalue weighted by molar-refractivity contribution is 5.82. The molecule has 1 fully saturated rings. The molecule has 0 saturated carbocycles. The van der Waals surface area contributed by atoms with Crippen LogP contribution in [0.5, 0.6) is 0 Å². The van der Waals surface area contributed by atoms with Gasteiger partial charge in [-0.3, -0.25) is 0 Å². The van der Waals surface area contributed by atoms with Gasteiger partial charge in [-0.25, -0.2) is 4.79 Å². The van der Waals surface area contributed by atoms with Crippen molar-refractivity contribution in [2.24, 2.45) is 0 Å². The van der Waals surface area contributed by atoms with Gasteiger partial charge in [-0.2, -0.15) is 0 Å². The van der Waals surface area contributed by atoms with Crippen molar-refractivity contribution in [1.29, 1.82) is 0 Å². The fourth-order valence-electron chi connectivity index (χ4n) is 3.11. The summed E-state index contributed by atoms with van der Waals surface area (Å²) >= 11 is 0. The van der Waals surface area contributed by atoms with Crippen LogP contribution < -0.4 is 0 Å². The average molecular weight is 322 g/mol. The van der Waals surface area contributed by atoms with E-state index in [0.717, 1.165) is 17.5 Å². The van der Waals surface area contributed by atoms with Crippen LogP contribution in [0.2, 0.25) is 0 Å². The summed E-state index contributed by atoms with van der Waals surface area (Å²) in [5, 5.41) is 0. The van der Waals surface area contributed by atoms with Crippen molar-refractivity contribution in [3.63, 3.8) is 0 Å². The zero-order valence-corrected chi connectivity index (χ0v) is 14.1. The Balaban J connectivity index is 1.95. The van der Waals surface area contributed by atoms with E-state index in [-0.39, 0.29) is 12.1 Å². The SMILES string of the molecule is CC(C)OC(=O)/C=C1/CCC(c2ccccc2)(c2ccccc2)O1. The van der Waals surface area contributed by atoms with Gasteiger partial charge < -0.3 is 9.47 Å². The van der Waals surface area contributed by atoms with Gasteiger partial charge in [0.15, 0.2) is 5.60 Å². The largest absolute Gasteiger partial charge is 0.482 e. The van der Waals surface area contributed by atoms with Gasteiger partial charge >= 0.3 is 5.97 Å². The smallest absolute Gasteiger partial charge is 0.334 e. The number of rotatable bonds is 4. The van der Waals surface area contributed by atoms with Gasteiger partial charge in [0.05, 0.1) is 12.2 Å². The van der Waals surface area contributed by atoms with Crippen molar-refractivity contribution in [2.75, 3.05) is 0 Å². The van der Waals surface area contributed by atoms with Crippen LogP contribution in [-0.2, 0) is 19.9 Å². The van der Waals surface area contributed by atoms with Crippen LogP contribution in [0.1, 0.15) is 37.8 Å². The molecule has 3 nitrogen and oxygen atoms in total. The Morgan fingerprint density at radius 1 is 1.04 bits per heavy atom. The maximum Gasteiger partial charge on any atom is 0.334 e. The lowest BCUT2D eigenvalue weighted by Crippen LogP contribution is -2.26. The third kappa shape index (κ3) is 3.35. The quantitative estimate of drug-likeness (QED) is 0.611. The molecule has 0 spiro atoms. The standard InChI is InChI=1S/C21H22O3/c1-16(2)23-20(22)15-19-13-14-21(24-19,17-9-5-3-6-10-17)18-11-7-4-8-12-18/h3-12,15-16H,13-14H2,1-2H3/b19-15-. The second kappa shape index (κ2) is 6.91. The summed E-state index contributed by atoms with van der Waals surface area (Å²) in [7, 11) is 0. The van der Waals surface area contributed by atoms with E-state index in [4.69, 9.17) is 9.47 Å². The number of benzene rings is 2. The molecule has 1 aliphatic heterocycles. The zero-order chi connectivity index (χ0) is 17.0. The first kappa shape index (κ1) is 16.3. The molecule has 1 aliphatic rings. The van der Waals surface area contributed by atoms with E-state index in [1.165, 1.54) is 6.08 Å². The zero-order valence-electron chi connectivity index (χ0n) is 14.1. The molecule has 0 N–H and O–H groups in total. The van der Waals surface area contributed by atoms with Crippen LogP contribution in [0.4, 0.5) is 0 Å². The Hall–Kier alpha value is -2.55. The molecule has 3 heteroatoms. The highest BCUT2D eigenvalue weighted by Gasteiger charge is 2.41. The molecule has 0 bridgehead atoms. The molecule has 2 aromatic rings. The Kier molecular flexibility index (Phi) is 4.70. The Morgan fingerprint density at radius 2 is 1.58 bits per heavy atom. The minimum absolute atomic E-state index is 0.135. The number of ether oxygens (including phenoxy) is 2. The Morgan fingerprint density at radius 3 is 2.08 bits per heavy atom. The normalized spacial score (nSPS) is 17.7. The molecule has 0 amide bonds. The number of hydrogen-bond acceptors (Lipinski definition) is 3. The highest BCUT2D eigenvalue weighted by Crippen LogP contribution is 2.46. The minimum atomic E-state index is -0.549. The molecule has 1 saturated heterocycles. The molecular formula is C21H22O3. The molecule has 0 aromatic heterocycles. The molecule has 0 unspecified atom stereocenters. The summed E-state index contributed by atoms with van der Waals surface area (Å²) in [5.74, 6) is 0.324. The monoisotopic (exact) mass is 322 g/mol. The predicted molar refractivity (Wildman–Crippen MR) is 93.3 cm³/mol. The van der Waals surface area contributed by atoms with Crippen molar-refractivity contribution >= 4 is 5.97 Å². The first-order valence-corrected chi connectivity index (χ1v) is 8.31. The third-order valence-corrected chi connectivity index (χ3v) is 4.14. The van der Waals surface area contributed by atoms with E-state index in [1.54, 1.807) is 0 Å². The lowest BCUT2D eigenvalue weighted by molar-refractivity contribution is -0.141. The van der Waals surface area contributed by atoms with Gasteiger partial charge in [-0.1, -0.05) is 60.7 Å². The fourth-order valence-corrected chi connectivity index (χ4v) is 3.11. The highest BCUT2D eigenvalue weighted by atomic mass is 16.5. The van der Waals surface area contributed by atoms with Gasteiger partial charge in [0.25, 0.3) is 0 Å². The van der Waals surface area contributed by atoms with Crippen LogP contribution >= 0.6 is 0 Å². The van der Waals surface area contributed by atoms with Crippen molar-refractivity contribution in [3.05, 3.63) is 83.6 Å². The molecule has 2 aromatic carbocycles. The summed E-state index contributed by atoms with van der Waals surface area (Å²) in [5.41, 5.74) is 1.64. The van der Waals surface area contributed by atoms with Crippen molar-refractivity contribution in [1.82, 2.24) is 0 Å². The van der Waals surface area contributed by atoms with Crippen LogP contribution in [0.25, 0.3) is 0 Å². The van der Waals surface area contributed by atoms with E-state index in [2.05, 4.69) is 24.3 Å². The minimum Gasteiger partial charge on any atom is -0.482 e. The predicted octanol–water partition coefficient (Wildman–Crippen LogP) is 4.58. The summed E-state index contributed by atoms with van der Waals surface area (Å²) in [4.78, 5) is 11.9. The van der Waals surface area contributed by atoms with Crippen LogP contribution in [-0.4, -0.2) is 12.1 Å². The molecule has 0 radical (unpaired) electrons. The summed E-state index contributed by atoms with van der Waals surface area (Å²) in [6, 6.07) is 20.3. The molecule has 3 rings (SSSR count). The second-order valence-electron chi connectivity index (χ2n) is 6.26. The first-order valence-electron chi connectivity index (χ1n) is 8.31. The number of carbonyl (C=O) groups excluding carboxylic acids is 1. The molecule has 0 aliphatic carbocycles. The molecule has 0 atom stereocenters. The van der Waals surface area contributed by atoms with Gasteiger partial charge in [-0.15, -0.1) is 0 Å². The fraction of sp³-hybridized carbons (Fsp3) is 0.286. The third-order valence-electron chi connectivity index (χ3n) is 4.14. The maximum absolute atomic E-state index is 11.9. The van der Waals surface area contributed by atoms with Crippen molar-refractivity contribution in [3.8, 4) is 0 Å². The van der Waals surface area contributed by atoms with Gasteiger partial charge in [0.2, 0.25) is 0 Å². The van der Waals surface area contributed by atoms with Crippen LogP contribution in [0.15, 0.2) is 72.5 Å². The first-order chi connectivity index (χ1) is 11.6. The average Bonchev–Trinajstić information content (AvgIpc) is 3.01. The second-order valence-corrected chi connectivity index (χ2v) is 6.26. The van der Waals surface area contributed by atoms with Crippen LogP contribution in [0, 0.1) is 0 Å². The Labute approximate surface area is 142 Å². The van der Waals surface area contributed by atoms with E-state index >= 15 is 0 Å². The topological polar surface area (TPSA) is 35.5 Å². The van der Waals surface area contributed by atoms with Crippen molar-refractivity contribution in [2.45, 2.75) is 38.4 Å². The number of esters is 1. The van der Waals surface area contributed by atoms with Gasteiger partial charge in [-0.05, 0) is 25.0 Å². The van der Waals surface area contributed by atoms with E-state index in [1.807, 2.05) is 50.2 Å². The van der Waals surface area contributed by atoms with Gasteiger partial charge in [0, 0.05) is 12.8 Å². The van der Waals surface area contributed by atoms with Gasteiger partial charge in [0.1, 0.15) is 5.76 Å². The number of carbonyl (C=O) groups is 1. The molecule has 1 heterocycles. The maximum atomic E-state index is 11.9. The van der Waals surface area contributed by atoms with E-state index in [0.29, 0.717) is 12.2 Å². The van der Waals surface area contributed by atoms with Crippen molar-refractivity contribution < 1.29 is 14.3 Å². The number of allylic oxidation sites excluding steroid dienone is 1. The summed E-state index contributed by atoms with van der Waals surface area (Å²) in [6.07, 6.45) is 2.84. The Bertz CT molecular complexity index is 678. The molecular weight excluding hydrogens is 300 g/mol. The lowest BCUT2D eigenvalue weighted by Gasteiger charge is -2.30. The molecule has 24 heavy (non-hydrogen) atoms. The molecule has 124 valence electrons. The lowest BCUT2D eigenvalue weighted by atomic mass is 9.84. The van der Waals surface area contributed by atoms with Crippen LogP contribution in [0.3, 0.4) is 0 Å². The summed E-state index contributed by atoms with van der Waals surface area (Å²) in [6.45, 7) is 3.67. The van der Waals surface area contributed by atoms with E-state index < -0.39 is 5.60 Å². The van der Waals surface area contributed by atoms with E-state index in [9.17, 15) is 4.79 Å². The number of hydrogen-bond donors (Lipinski definition) is 0.